The molecule has 0 aromatic heterocycles. The molecule has 0 aliphatic carbocycles. The Hall–Kier alpha value is -2.26. The van der Waals surface area contributed by atoms with Crippen LogP contribution in [0.25, 0.3) is 0 Å². The summed E-state index contributed by atoms with van der Waals surface area (Å²) in [5.41, 5.74) is 5.38. The van der Waals surface area contributed by atoms with Crippen molar-refractivity contribution in [1.82, 2.24) is 14.1 Å². The lowest BCUT2D eigenvalue weighted by molar-refractivity contribution is -0.116. The van der Waals surface area contributed by atoms with E-state index in [9.17, 15) is 9.00 Å². The Kier molecular flexibility index (Phi) is 8.83. The van der Waals surface area contributed by atoms with E-state index in [1.54, 1.807) is 18.5 Å². The number of methoxy groups -OCH3 is 1. The van der Waals surface area contributed by atoms with Gasteiger partial charge >= 0.3 is 0 Å². The average Bonchev–Trinajstić information content (AvgIpc) is 2.86. The molecular formula is C28H40N4O3S. The van der Waals surface area contributed by atoms with Crippen LogP contribution in [0.5, 0.6) is 5.75 Å². The van der Waals surface area contributed by atoms with Crippen LogP contribution in [0.4, 0.5) is 5.69 Å². The topological polar surface area (TPSA) is 65.1 Å². The molecule has 2 aromatic rings. The van der Waals surface area contributed by atoms with Gasteiger partial charge in [0.05, 0.1) is 12.0 Å². The van der Waals surface area contributed by atoms with Gasteiger partial charge in [-0.1, -0.05) is 6.07 Å². The van der Waals surface area contributed by atoms with Gasteiger partial charge in [-0.2, -0.15) is 0 Å². The molecule has 2 aromatic carbocycles. The maximum atomic E-state index is 13.1. The normalized spacial score (nSPS) is 19.7. The lowest BCUT2D eigenvalue weighted by atomic mass is 9.95. The highest BCUT2D eigenvalue weighted by Gasteiger charge is 2.27. The fourth-order valence-electron chi connectivity index (χ4n) is 5.43. The number of anilines is 1. The van der Waals surface area contributed by atoms with E-state index in [0.29, 0.717) is 12.6 Å². The van der Waals surface area contributed by atoms with Crippen molar-refractivity contribution >= 4 is 22.6 Å². The molecular weight excluding hydrogens is 472 g/mol. The molecule has 1 saturated heterocycles. The molecule has 4 rings (SSSR count). The zero-order valence-electron chi connectivity index (χ0n) is 22.3. The third kappa shape index (κ3) is 6.35. The number of fused-ring (bicyclic) bond motifs is 1. The fourth-order valence-corrected chi connectivity index (χ4v) is 6.66. The predicted molar refractivity (Wildman–Crippen MR) is 146 cm³/mol. The first kappa shape index (κ1) is 26.8. The Labute approximate surface area is 218 Å². The lowest BCUT2D eigenvalue weighted by Crippen LogP contribution is -2.48. The third-order valence-corrected chi connectivity index (χ3v) is 9.17. The smallest absolute Gasteiger partial charge is 0.225 e. The average molecular weight is 513 g/mol. The summed E-state index contributed by atoms with van der Waals surface area (Å²) in [6.07, 6.45) is 3.85. The van der Waals surface area contributed by atoms with Gasteiger partial charge in [-0.25, -0.2) is 8.51 Å². The van der Waals surface area contributed by atoms with Crippen molar-refractivity contribution in [1.29, 1.82) is 0 Å². The van der Waals surface area contributed by atoms with Crippen LogP contribution in [0.1, 0.15) is 41.5 Å². The summed E-state index contributed by atoms with van der Waals surface area (Å²) >= 11 is 0. The highest BCUT2D eigenvalue weighted by molar-refractivity contribution is 7.82. The molecule has 2 unspecified atom stereocenters. The van der Waals surface area contributed by atoms with Crippen molar-refractivity contribution in [3.8, 4) is 5.75 Å². The van der Waals surface area contributed by atoms with Crippen LogP contribution in [0, 0.1) is 13.8 Å². The number of likely N-dealkylation sites (N-methyl/N-ethyl adjacent to an activating group) is 1. The molecule has 0 bridgehead atoms. The summed E-state index contributed by atoms with van der Waals surface area (Å²) in [5, 5.41) is 3.04. The summed E-state index contributed by atoms with van der Waals surface area (Å²) in [7, 11) is 4.29. The van der Waals surface area contributed by atoms with Crippen LogP contribution < -0.4 is 10.1 Å². The molecule has 0 radical (unpaired) electrons. The van der Waals surface area contributed by atoms with Crippen molar-refractivity contribution in [2.24, 2.45) is 0 Å². The molecule has 0 saturated carbocycles. The first-order valence-electron chi connectivity index (χ1n) is 12.9. The maximum Gasteiger partial charge on any atom is 0.225 e. The third-order valence-electron chi connectivity index (χ3n) is 7.43. The second-order valence-electron chi connectivity index (χ2n) is 10.3. The van der Waals surface area contributed by atoms with E-state index in [0.717, 1.165) is 53.5 Å². The van der Waals surface area contributed by atoms with Gasteiger partial charge in [0.2, 0.25) is 5.91 Å². The molecule has 2 atom stereocenters. The summed E-state index contributed by atoms with van der Waals surface area (Å²) in [6, 6.07) is 10.7. The second-order valence-corrected chi connectivity index (χ2v) is 11.8. The van der Waals surface area contributed by atoms with Gasteiger partial charge in [-0.3, -0.25) is 9.69 Å². The Bertz CT molecular complexity index is 1100. The zero-order valence-corrected chi connectivity index (χ0v) is 23.1. The minimum atomic E-state index is -1.34. The summed E-state index contributed by atoms with van der Waals surface area (Å²) in [6.45, 7) is 8.70. The van der Waals surface area contributed by atoms with Crippen molar-refractivity contribution in [3.63, 3.8) is 0 Å². The van der Waals surface area contributed by atoms with E-state index in [1.165, 1.54) is 30.5 Å². The number of nitrogens with zero attached hydrogens (tertiary/aromatic N) is 3. The Morgan fingerprint density at radius 3 is 2.61 bits per heavy atom. The molecule has 2 heterocycles. The molecule has 8 heteroatoms. The van der Waals surface area contributed by atoms with Gasteiger partial charge in [-0.05, 0) is 93.2 Å². The quantitative estimate of drug-likeness (QED) is 0.584. The van der Waals surface area contributed by atoms with Crippen molar-refractivity contribution < 1.29 is 13.7 Å². The van der Waals surface area contributed by atoms with E-state index >= 15 is 0 Å². The number of benzene rings is 2. The second kappa shape index (κ2) is 11.9. The van der Waals surface area contributed by atoms with Crippen LogP contribution in [0.15, 0.2) is 35.2 Å². The molecule has 2 aliphatic heterocycles. The molecule has 1 amide bonds. The van der Waals surface area contributed by atoms with Crippen molar-refractivity contribution in [2.75, 3.05) is 52.7 Å². The Morgan fingerprint density at radius 1 is 1.17 bits per heavy atom. The lowest BCUT2D eigenvalue weighted by Gasteiger charge is -2.40. The molecule has 0 spiro atoms. The first-order valence-corrected chi connectivity index (χ1v) is 14.0. The maximum absolute atomic E-state index is 13.1. The number of carbonyl (C=O) groups excluding carboxylic acids is 1. The number of likely N-dealkylation sites (tertiary alicyclic amines) is 1. The largest absolute Gasteiger partial charge is 0.497 e. The highest BCUT2D eigenvalue weighted by atomic mass is 32.2. The van der Waals surface area contributed by atoms with Gasteiger partial charge in [0.25, 0.3) is 0 Å². The van der Waals surface area contributed by atoms with E-state index in [2.05, 4.69) is 34.3 Å². The number of nitrogens with one attached hydrogen (secondary N) is 1. The van der Waals surface area contributed by atoms with Gasteiger partial charge in [-0.15, -0.1) is 0 Å². The zero-order chi connectivity index (χ0) is 25.8. The van der Waals surface area contributed by atoms with Gasteiger partial charge < -0.3 is 15.0 Å². The van der Waals surface area contributed by atoms with Crippen molar-refractivity contribution in [2.45, 2.75) is 57.0 Å². The minimum Gasteiger partial charge on any atom is -0.497 e. The number of rotatable bonds is 8. The van der Waals surface area contributed by atoms with Crippen LogP contribution in [0.2, 0.25) is 0 Å². The van der Waals surface area contributed by atoms with Crippen LogP contribution in [-0.4, -0.2) is 77.6 Å². The fraction of sp³-hybridized carbons (Fsp3) is 0.536. The standard InChI is InChI=1S/C28H40N4O3S/c1-20-15-26(35-5)16-21(2)28(20)36(34)31(4)13-11-27(33)29-24-9-8-23-18-32(14-10-22(23)17-24)25-7-6-12-30(3)19-25/h8-9,15-17,25H,6-7,10-14,18-19H2,1-5H3,(H,29,33). The van der Waals surface area contributed by atoms with Crippen LogP contribution >= 0.6 is 0 Å². The SMILES string of the molecule is COc1cc(C)c(S(=O)N(C)CCC(=O)Nc2ccc3c(c2)CCN(C2CCCN(C)C2)C3)c(C)c1. The highest BCUT2D eigenvalue weighted by Crippen LogP contribution is 2.27. The number of piperidine rings is 1. The number of ether oxygens (including phenoxy) is 1. The number of aryl methyl sites for hydroxylation is 2. The van der Waals surface area contributed by atoms with E-state index in [-0.39, 0.29) is 12.3 Å². The monoisotopic (exact) mass is 512 g/mol. The Balaban J connectivity index is 1.30. The van der Waals surface area contributed by atoms with Crippen LogP contribution in [0.3, 0.4) is 0 Å². The predicted octanol–water partition coefficient (Wildman–Crippen LogP) is 3.75. The Morgan fingerprint density at radius 2 is 1.92 bits per heavy atom. The number of amides is 1. The number of carbonyl (C=O) groups is 1. The number of hydrogen-bond donors (Lipinski definition) is 1. The van der Waals surface area contributed by atoms with E-state index in [1.807, 2.05) is 32.0 Å². The molecule has 36 heavy (non-hydrogen) atoms. The van der Waals surface area contributed by atoms with Gasteiger partial charge in [0.1, 0.15) is 16.7 Å². The summed E-state index contributed by atoms with van der Waals surface area (Å²) in [4.78, 5) is 18.5. The van der Waals surface area contributed by atoms with Crippen LogP contribution in [-0.2, 0) is 28.7 Å². The van der Waals surface area contributed by atoms with E-state index < -0.39 is 11.0 Å². The molecule has 1 fully saturated rings. The van der Waals surface area contributed by atoms with Crippen molar-refractivity contribution in [3.05, 3.63) is 52.6 Å². The van der Waals surface area contributed by atoms with Gasteiger partial charge in [0.15, 0.2) is 0 Å². The molecule has 1 N–H and O–H groups in total. The molecule has 196 valence electrons. The summed E-state index contributed by atoms with van der Waals surface area (Å²) in [5.74, 6) is 0.691. The summed E-state index contributed by atoms with van der Waals surface area (Å²) < 4.78 is 20.2. The van der Waals surface area contributed by atoms with Gasteiger partial charge in [0, 0.05) is 51.4 Å². The molecule has 2 aliphatic rings. The number of hydrogen-bond acceptors (Lipinski definition) is 5. The first-order chi connectivity index (χ1) is 17.2. The molecule has 7 nitrogen and oxygen atoms in total. The van der Waals surface area contributed by atoms with E-state index in [4.69, 9.17) is 4.74 Å². The minimum absolute atomic E-state index is 0.0651.